The van der Waals surface area contributed by atoms with Crippen molar-refractivity contribution in [1.82, 2.24) is 4.90 Å². The Bertz CT molecular complexity index is 2040. The van der Waals surface area contributed by atoms with Crippen LogP contribution in [0, 0.1) is 7.14 Å². The van der Waals surface area contributed by atoms with Crippen LogP contribution in [0.15, 0.2) is 108 Å². The molecule has 294 valence electrons. The number of anilines is 2. The number of carbonyl (C=O) groups excluding carboxylic acids is 1. The lowest BCUT2D eigenvalue weighted by Crippen LogP contribution is -2.44. The number of likely N-dealkylation sites (N-methyl/N-ethyl adjacent to an activating group) is 2. The number of nitrogens with zero attached hydrogens (tertiary/aromatic N) is 4. The molecule has 0 bridgehead atoms. The molecule has 0 N–H and O–H groups in total. The van der Waals surface area contributed by atoms with Crippen LogP contribution in [-0.4, -0.2) is 66.8 Å². The number of hydrogen-bond acceptors (Lipinski definition) is 5. The van der Waals surface area contributed by atoms with Gasteiger partial charge >= 0.3 is 0 Å². The molecule has 3 heterocycles. The first-order valence-corrected chi connectivity index (χ1v) is 22.5. The van der Waals surface area contributed by atoms with Gasteiger partial charge in [0, 0.05) is 64.4 Å². The quantitative estimate of drug-likeness (QED) is 0.158. The van der Waals surface area contributed by atoms with E-state index in [1.54, 1.807) is 6.92 Å². The largest absolute Gasteiger partial charge is 0.484 e. The van der Waals surface area contributed by atoms with Crippen molar-refractivity contribution < 1.29 is 14.1 Å². The number of ketones is 1. The molecule has 56 heavy (non-hydrogen) atoms. The summed E-state index contributed by atoms with van der Waals surface area (Å²) in [5.41, 5.74) is 13.8. The van der Waals surface area contributed by atoms with E-state index in [1.807, 2.05) is 0 Å². The van der Waals surface area contributed by atoms with Crippen LogP contribution in [0.2, 0.25) is 0 Å². The van der Waals surface area contributed by atoms with Crippen molar-refractivity contribution in [3.05, 3.63) is 131 Å². The highest BCUT2D eigenvalue weighted by molar-refractivity contribution is 14.1. The third kappa shape index (κ3) is 7.95. The number of piperazine rings is 1. The van der Waals surface area contributed by atoms with Gasteiger partial charge in [0.25, 0.3) is 0 Å². The molecule has 0 unspecified atom stereocenters. The number of hydrogen-bond donors (Lipinski definition) is 0. The number of Topliss-reactive ketones (excluding diaryl/α,β-unsaturated/α-hetero) is 1. The maximum absolute atomic E-state index is 11.6. The molecule has 0 radical (unpaired) electrons. The van der Waals surface area contributed by atoms with Crippen LogP contribution in [0.5, 0.6) is 5.75 Å². The van der Waals surface area contributed by atoms with Crippen LogP contribution in [0.4, 0.5) is 11.4 Å². The smallest absolute Gasteiger partial charge is 0.206 e. The van der Waals surface area contributed by atoms with Crippen molar-refractivity contribution in [2.24, 2.45) is 0 Å². The second kappa shape index (κ2) is 16.9. The Morgan fingerprint density at radius 3 is 1.71 bits per heavy atom. The van der Waals surface area contributed by atoms with Gasteiger partial charge in [0.2, 0.25) is 5.71 Å². The fourth-order valence-corrected chi connectivity index (χ4v) is 11.6. The van der Waals surface area contributed by atoms with Crippen molar-refractivity contribution in [2.45, 2.75) is 85.1 Å². The summed E-state index contributed by atoms with van der Waals surface area (Å²) in [6, 6.07) is 22.3. The summed E-state index contributed by atoms with van der Waals surface area (Å²) in [6.07, 6.45) is 13.2. The van der Waals surface area contributed by atoms with Gasteiger partial charge in [0.05, 0.1) is 20.2 Å². The van der Waals surface area contributed by atoms with Gasteiger partial charge in [-0.1, -0.05) is 76.2 Å². The van der Waals surface area contributed by atoms with E-state index in [-0.39, 0.29) is 23.2 Å². The highest BCUT2D eigenvalue weighted by atomic mass is 127. The standard InChI is InChI=1S/C48H57I2N4O2/c1-8-53-41-19-12-10-17-37(41)47(4,5)43(53)23-21-35-15-14-16-36(22-24-44-48(6,7)38-18-11-13-20-42(38)54(44)9-2)45(35)52-27-25-51(26-28-52)31-34-29-39(49)46(40(50)30-34)56-32-33(3)55/h10-13,17-24,29-30H,8-9,14-16,25-28,31-32H2,1-7H3/q+1. The first-order chi connectivity index (χ1) is 26.8. The minimum atomic E-state index is -0.0622. The van der Waals surface area contributed by atoms with Crippen molar-refractivity contribution in [2.75, 3.05) is 55.7 Å². The first kappa shape index (κ1) is 41.0. The first-order valence-electron chi connectivity index (χ1n) is 20.4. The molecule has 6 nitrogen and oxygen atoms in total. The number of benzene rings is 3. The molecule has 4 aliphatic rings. The summed E-state index contributed by atoms with van der Waals surface area (Å²) in [4.78, 5) is 19.2. The molecule has 0 spiro atoms. The lowest BCUT2D eigenvalue weighted by molar-refractivity contribution is -0.539. The summed E-state index contributed by atoms with van der Waals surface area (Å²) in [5.74, 6) is 0.844. The molecule has 0 aromatic heterocycles. The van der Waals surface area contributed by atoms with Gasteiger partial charge in [-0.3, -0.25) is 9.69 Å². The Labute approximate surface area is 362 Å². The molecule has 7 rings (SSSR count). The van der Waals surface area contributed by atoms with E-state index >= 15 is 0 Å². The van der Waals surface area contributed by atoms with Gasteiger partial charge in [0.15, 0.2) is 18.9 Å². The monoisotopic (exact) mass is 975 g/mol. The SMILES string of the molecule is CCN1C(=CC=C2CCC/C(=C\C=C3\N(CC)c4ccccc4C3(C)C)C2=[N+]2CCN(Cc3cc(I)c(OCC(C)=O)c(I)c3)CC2)C(C)(C)c2ccccc21. The summed E-state index contributed by atoms with van der Waals surface area (Å²) in [6.45, 7) is 22.5. The second-order valence-electron chi connectivity index (χ2n) is 16.6. The summed E-state index contributed by atoms with van der Waals surface area (Å²) in [7, 11) is 0. The Balaban J connectivity index is 1.23. The highest BCUT2D eigenvalue weighted by Crippen LogP contribution is 2.49. The average molecular weight is 976 g/mol. The highest BCUT2D eigenvalue weighted by Gasteiger charge is 2.40. The molecule has 3 aliphatic heterocycles. The Morgan fingerprint density at radius 1 is 0.768 bits per heavy atom. The van der Waals surface area contributed by atoms with Gasteiger partial charge in [-0.2, -0.15) is 0 Å². The van der Waals surface area contributed by atoms with Crippen molar-refractivity contribution in [3.63, 3.8) is 0 Å². The molecule has 1 saturated carbocycles. The number of rotatable bonds is 9. The minimum Gasteiger partial charge on any atom is -0.484 e. The zero-order valence-electron chi connectivity index (χ0n) is 34.2. The Morgan fingerprint density at radius 2 is 1.25 bits per heavy atom. The van der Waals surface area contributed by atoms with Crippen LogP contribution < -0.4 is 14.5 Å². The minimum absolute atomic E-state index is 0.0328. The normalized spacial score (nSPS) is 22.1. The zero-order valence-corrected chi connectivity index (χ0v) is 38.5. The van der Waals surface area contributed by atoms with Crippen LogP contribution in [0.3, 0.4) is 0 Å². The predicted molar refractivity (Wildman–Crippen MR) is 249 cm³/mol. The lowest BCUT2D eigenvalue weighted by atomic mass is 9.82. The van der Waals surface area contributed by atoms with Crippen molar-refractivity contribution in [1.29, 1.82) is 0 Å². The van der Waals surface area contributed by atoms with E-state index < -0.39 is 0 Å². The van der Waals surface area contributed by atoms with Gasteiger partial charge in [-0.05, 0) is 138 Å². The zero-order chi connectivity index (χ0) is 39.8. The third-order valence-electron chi connectivity index (χ3n) is 12.2. The number of fused-ring (bicyclic) bond motifs is 2. The van der Waals surface area contributed by atoms with E-state index in [2.05, 4.69) is 191 Å². The number of halogens is 2. The Hall–Kier alpha value is -3.22. The van der Waals surface area contributed by atoms with E-state index in [9.17, 15) is 4.79 Å². The summed E-state index contributed by atoms with van der Waals surface area (Å²) >= 11 is 4.69. The lowest BCUT2D eigenvalue weighted by Gasteiger charge is -2.29. The maximum Gasteiger partial charge on any atom is 0.206 e. The van der Waals surface area contributed by atoms with Gasteiger partial charge in [-0.25, -0.2) is 4.58 Å². The van der Waals surface area contributed by atoms with Crippen LogP contribution in [-0.2, 0) is 22.2 Å². The molecular weight excluding hydrogens is 918 g/mol. The summed E-state index contributed by atoms with van der Waals surface area (Å²) in [5, 5.41) is 0. The van der Waals surface area contributed by atoms with Gasteiger partial charge in [0.1, 0.15) is 12.4 Å². The van der Waals surface area contributed by atoms with E-state index in [0.29, 0.717) is 0 Å². The number of allylic oxidation sites excluding steroid dienone is 8. The molecule has 3 aromatic carbocycles. The fourth-order valence-electron chi connectivity index (χ4n) is 9.37. The molecule has 3 aromatic rings. The van der Waals surface area contributed by atoms with E-state index in [1.165, 1.54) is 56.3 Å². The third-order valence-corrected chi connectivity index (χ3v) is 13.8. The molecule has 1 aliphatic carbocycles. The summed E-state index contributed by atoms with van der Waals surface area (Å²) < 4.78 is 10.6. The van der Waals surface area contributed by atoms with E-state index in [0.717, 1.165) is 78.0 Å². The molecule has 0 atom stereocenters. The molecular formula is C48H57I2N4O2+. The topological polar surface area (TPSA) is 39.0 Å². The van der Waals surface area contributed by atoms with Gasteiger partial charge in [-0.15, -0.1) is 0 Å². The average Bonchev–Trinajstić information content (AvgIpc) is 3.54. The number of para-hydroxylation sites is 2. The van der Waals surface area contributed by atoms with Crippen LogP contribution >= 0.6 is 45.2 Å². The molecule has 2 fully saturated rings. The molecule has 1 saturated heterocycles. The Kier molecular flexibility index (Phi) is 12.4. The fraction of sp³-hybridized carbons (Fsp3) is 0.417. The van der Waals surface area contributed by atoms with Crippen molar-refractivity contribution in [3.8, 4) is 5.75 Å². The number of ether oxygens (including phenoxy) is 1. The van der Waals surface area contributed by atoms with Crippen LogP contribution in [0.1, 0.15) is 84.4 Å². The van der Waals surface area contributed by atoms with E-state index in [4.69, 9.17) is 4.74 Å². The molecule has 8 heteroatoms. The van der Waals surface area contributed by atoms with Crippen molar-refractivity contribution >= 4 is 68.1 Å². The van der Waals surface area contributed by atoms with Gasteiger partial charge < -0.3 is 14.5 Å². The number of carbonyl (C=O) groups is 1. The molecule has 0 amide bonds. The van der Waals surface area contributed by atoms with Crippen LogP contribution in [0.25, 0.3) is 0 Å². The maximum atomic E-state index is 11.6. The second-order valence-corrected chi connectivity index (χ2v) is 18.9. The predicted octanol–water partition coefficient (Wildman–Crippen LogP) is 10.6.